The Hall–Kier alpha value is -2.70. The molecule has 90 valence electrons. The van der Waals surface area contributed by atoms with Crippen molar-refractivity contribution in [2.75, 3.05) is 12.4 Å². The summed E-state index contributed by atoms with van der Waals surface area (Å²) < 4.78 is 9.71. The van der Waals surface area contributed by atoms with Gasteiger partial charge in [-0.1, -0.05) is 18.2 Å². The highest BCUT2D eigenvalue weighted by Gasteiger charge is 2.12. The summed E-state index contributed by atoms with van der Waals surface area (Å²) >= 11 is 0. The van der Waals surface area contributed by atoms with Gasteiger partial charge in [-0.3, -0.25) is 0 Å². The van der Waals surface area contributed by atoms with E-state index in [1.54, 1.807) is 0 Å². The molecule has 3 rings (SSSR count). The minimum atomic E-state index is 0.311. The quantitative estimate of drug-likeness (QED) is 0.750. The molecule has 0 amide bonds. The number of benzene rings is 1. The Bertz CT molecular complexity index is 668. The molecule has 3 aromatic rings. The molecule has 18 heavy (non-hydrogen) atoms. The minimum absolute atomic E-state index is 0.311. The Morgan fingerprint density at radius 2 is 1.78 bits per heavy atom. The van der Waals surface area contributed by atoms with Gasteiger partial charge in [0.1, 0.15) is 0 Å². The van der Waals surface area contributed by atoms with E-state index in [9.17, 15) is 0 Å². The van der Waals surface area contributed by atoms with Gasteiger partial charge in [-0.05, 0) is 22.4 Å². The Morgan fingerprint density at radius 3 is 2.50 bits per heavy atom. The molecule has 0 aliphatic carbocycles. The van der Waals surface area contributed by atoms with Crippen LogP contribution in [0.5, 0.6) is 5.88 Å². The maximum atomic E-state index is 5.15. The van der Waals surface area contributed by atoms with Crippen LogP contribution in [0, 0.1) is 0 Å². The lowest BCUT2D eigenvalue weighted by atomic mass is 10.3. The van der Waals surface area contributed by atoms with Crippen LogP contribution in [0.2, 0.25) is 0 Å². The molecule has 7 nitrogen and oxygen atoms in total. The highest BCUT2D eigenvalue weighted by atomic mass is 16.6. The molecule has 0 atom stereocenters. The third kappa shape index (κ3) is 1.81. The predicted molar refractivity (Wildman–Crippen MR) is 63.7 cm³/mol. The fraction of sp³-hybridized carbons (Fsp3) is 0.0909. The van der Waals surface area contributed by atoms with Crippen molar-refractivity contribution in [1.29, 1.82) is 0 Å². The summed E-state index contributed by atoms with van der Waals surface area (Å²) in [6, 6.07) is 9.58. The third-order valence-electron chi connectivity index (χ3n) is 2.31. The predicted octanol–water partition coefficient (Wildman–Crippen LogP) is 1.76. The zero-order valence-corrected chi connectivity index (χ0v) is 9.49. The summed E-state index contributed by atoms with van der Waals surface area (Å²) in [7, 11) is 1.51. The third-order valence-corrected chi connectivity index (χ3v) is 2.31. The van der Waals surface area contributed by atoms with Crippen molar-refractivity contribution in [2.24, 2.45) is 0 Å². The smallest absolute Gasteiger partial charge is 0.259 e. The van der Waals surface area contributed by atoms with E-state index in [2.05, 4.69) is 30.2 Å². The van der Waals surface area contributed by atoms with Gasteiger partial charge in [0.2, 0.25) is 11.3 Å². The lowest BCUT2D eigenvalue weighted by molar-refractivity contribution is 0.313. The van der Waals surface area contributed by atoms with Crippen LogP contribution < -0.4 is 10.1 Å². The monoisotopic (exact) mass is 243 g/mol. The number of hydrogen-bond donors (Lipinski definition) is 1. The second-order valence-corrected chi connectivity index (χ2v) is 3.48. The van der Waals surface area contributed by atoms with Gasteiger partial charge in [-0.25, -0.2) is 4.63 Å². The maximum Gasteiger partial charge on any atom is 0.259 e. The topological polar surface area (TPSA) is 86.0 Å². The molecule has 0 unspecified atom stereocenters. The Labute approximate surface area is 102 Å². The molecule has 0 radical (unpaired) electrons. The summed E-state index contributed by atoms with van der Waals surface area (Å²) in [5.41, 5.74) is 1.51. The first kappa shape index (κ1) is 10.5. The van der Waals surface area contributed by atoms with Crippen LogP contribution in [0.4, 0.5) is 11.5 Å². The van der Waals surface area contributed by atoms with Crippen molar-refractivity contribution in [3.05, 3.63) is 30.3 Å². The van der Waals surface area contributed by atoms with E-state index in [0.717, 1.165) is 5.69 Å². The fourth-order valence-electron chi connectivity index (χ4n) is 1.51. The summed E-state index contributed by atoms with van der Waals surface area (Å²) in [4.78, 5) is 8.37. The first-order valence-electron chi connectivity index (χ1n) is 5.23. The van der Waals surface area contributed by atoms with Gasteiger partial charge < -0.3 is 10.1 Å². The number of fused-ring (bicyclic) bond motifs is 1. The van der Waals surface area contributed by atoms with Gasteiger partial charge in [0, 0.05) is 5.69 Å². The number of nitrogens with one attached hydrogen (secondary N) is 1. The highest BCUT2D eigenvalue weighted by molar-refractivity contribution is 5.71. The van der Waals surface area contributed by atoms with E-state index in [0.29, 0.717) is 23.0 Å². The van der Waals surface area contributed by atoms with E-state index in [-0.39, 0.29) is 0 Å². The molecule has 0 saturated carbocycles. The SMILES string of the molecule is COc1nc2nonc2nc1Nc1ccccc1. The average Bonchev–Trinajstić information content (AvgIpc) is 2.86. The Kier molecular flexibility index (Phi) is 2.49. The average molecular weight is 243 g/mol. The van der Waals surface area contributed by atoms with Crippen molar-refractivity contribution in [2.45, 2.75) is 0 Å². The lowest BCUT2D eigenvalue weighted by Gasteiger charge is -2.07. The first-order valence-corrected chi connectivity index (χ1v) is 5.23. The van der Waals surface area contributed by atoms with Crippen LogP contribution in [-0.4, -0.2) is 27.4 Å². The maximum absolute atomic E-state index is 5.15. The fourth-order valence-corrected chi connectivity index (χ4v) is 1.51. The molecule has 0 aliphatic heterocycles. The molecule has 0 fully saturated rings. The number of rotatable bonds is 3. The van der Waals surface area contributed by atoms with Crippen molar-refractivity contribution >= 4 is 22.8 Å². The molecular formula is C11H9N5O2. The molecule has 0 bridgehead atoms. The van der Waals surface area contributed by atoms with Gasteiger partial charge in [0.25, 0.3) is 5.88 Å². The minimum Gasteiger partial charge on any atom is -0.478 e. The number of para-hydroxylation sites is 1. The summed E-state index contributed by atoms with van der Waals surface area (Å²) in [5.74, 6) is 0.800. The van der Waals surface area contributed by atoms with Gasteiger partial charge in [-0.2, -0.15) is 9.97 Å². The van der Waals surface area contributed by atoms with Crippen LogP contribution in [-0.2, 0) is 0 Å². The highest BCUT2D eigenvalue weighted by Crippen LogP contribution is 2.24. The van der Waals surface area contributed by atoms with Gasteiger partial charge in [-0.15, -0.1) is 0 Å². The Morgan fingerprint density at radius 1 is 1.06 bits per heavy atom. The molecule has 7 heteroatoms. The van der Waals surface area contributed by atoms with Gasteiger partial charge in [0.15, 0.2) is 5.82 Å². The second kappa shape index (κ2) is 4.28. The van der Waals surface area contributed by atoms with Crippen LogP contribution >= 0.6 is 0 Å². The molecule has 1 N–H and O–H groups in total. The normalized spacial score (nSPS) is 10.5. The Balaban J connectivity index is 2.04. The van der Waals surface area contributed by atoms with Crippen LogP contribution in [0.15, 0.2) is 35.0 Å². The lowest BCUT2D eigenvalue weighted by Crippen LogP contribution is -2.00. The van der Waals surface area contributed by atoms with Crippen molar-refractivity contribution in [3.8, 4) is 5.88 Å². The molecule has 2 heterocycles. The van der Waals surface area contributed by atoms with E-state index in [1.165, 1.54) is 7.11 Å². The number of nitrogens with zero attached hydrogens (tertiary/aromatic N) is 4. The number of aromatic nitrogens is 4. The molecule has 0 spiro atoms. The number of hydrogen-bond acceptors (Lipinski definition) is 7. The number of methoxy groups -OCH3 is 1. The van der Waals surface area contributed by atoms with Crippen LogP contribution in [0.25, 0.3) is 11.3 Å². The summed E-state index contributed by atoms with van der Waals surface area (Å²) in [6.07, 6.45) is 0. The van der Waals surface area contributed by atoms with Gasteiger partial charge >= 0.3 is 0 Å². The zero-order chi connectivity index (χ0) is 12.4. The number of ether oxygens (including phenoxy) is 1. The van der Waals surface area contributed by atoms with Crippen molar-refractivity contribution in [1.82, 2.24) is 20.3 Å². The van der Waals surface area contributed by atoms with Crippen LogP contribution in [0.1, 0.15) is 0 Å². The summed E-state index contributed by atoms with van der Waals surface area (Å²) in [5, 5.41) is 10.3. The van der Waals surface area contributed by atoms with Crippen molar-refractivity contribution < 1.29 is 9.37 Å². The van der Waals surface area contributed by atoms with Gasteiger partial charge in [0.05, 0.1) is 7.11 Å². The molecule has 2 aromatic heterocycles. The van der Waals surface area contributed by atoms with Crippen molar-refractivity contribution in [3.63, 3.8) is 0 Å². The number of anilines is 2. The molecule has 1 aromatic carbocycles. The molecule has 0 aliphatic rings. The summed E-state index contributed by atoms with van der Waals surface area (Å²) in [6.45, 7) is 0. The van der Waals surface area contributed by atoms with E-state index >= 15 is 0 Å². The van der Waals surface area contributed by atoms with E-state index in [4.69, 9.17) is 4.74 Å². The standard InChI is InChI=1S/C11H9N5O2/c1-17-11-10(12-7-5-3-2-4-6-7)13-8-9(14-11)16-18-15-8/h2-6H,1H3,(H,12,13,15). The van der Waals surface area contributed by atoms with E-state index < -0.39 is 0 Å². The zero-order valence-electron chi connectivity index (χ0n) is 9.49. The van der Waals surface area contributed by atoms with Crippen LogP contribution in [0.3, 0.4) is 0 Å². The first-order chi connectivity index (χ1) is 8.86. The largest absolute Gasteiger partial charge is 0.478 e. The second-order valence-electron chi connectivity index (χ2n) is 3.48. The molecule has 0 saturated heterocycles. The molecular weight excluding hydrogens is 234 g/mol. The van der Waals surface area contributed by atoms with E-state index in [1.807, 2.05) is 30.3 Å².